The van der Waals surface area contributed by atoms with Gasteiger partial charge in [-0.15, -0.1) is 0 Å². The van der Waals surface area contributed by atoms with Crippen molar-refractivity contribution >= 4 is 0 Å². The molecule has 1 aliphatic heterocycles. The van der Waals surface area contributed by atoms with Crippen molar-refractivity contribution in [2.75, 3.05) is 26.2 Å². The summed E-state index contributed by atoms with van der Waals surface area (Å²) in [4.78, 5) is 2.44. The highest BCUT2D eigenvalue weighted by Crippen LogP contribution is 2.34. The number of piperidine rings is 1. The minimum atomic E-state index is -0.439. The van der Waals surface area contributed by atoms with Gasteiger partial charge in [0.1, 0.15) is 0 Å². The van der Waals surface area contributed by atoms with Gasteiger partial charge in [0.05, 0.1) is 12.2 Å². The van der Waals surface area contributed by atoms with Crippen LogP contribution in [0, 0.1) is 5.41 Å². The molecule has 0 spiro atoms. The van der Waals surface area contributed by atoms with Gasteiger partial charge in [-0.25, -0.2) is 0 Å². The van der Waals surface area contributed by atoms with E-state index in [2.05, 4.69) is 25.7 Å². The Morgan fingerprint density at radius 3 is 2.71 bits per heavy atom. The molecule has 1 saturated heterocycles. The van der Waals surface area contributed by atoms with E-state index in [1.165, 1.54) is 6.42 Å². The van der Waals surface area contributed by atoms with Crippen LogP contribution >= 0.6 is 0 Å². The van der Waals surface area contributed by atoms with E-state index in [1.807, 2.05) is 30.3 Å². The van der Waals surface area contributed by atoms with Gasteiger partial charge in [0, 0.05) is 25.1 Å². The highest BCUT2D eigenvalue weighted by atomic mass is 16.5. The highest BCUT2D eigenvalue weighted by molar-refractivity contribution is 5.19. The summed E-state index contributed by atoms with van der Waals surface area (Å²) < 4.78 is 5.77. The van der Waals surface area contributed by atoms with Crippen LogP contribution in [-0.2, 0) is 4.74 Å². The number of rotatable bonds is 6. The van der Waals surface area contributed by atoms with Crippen LogP contribution < -0.4 is 0 Å². The first kappa shape index (κ1) is 16.5. The summed E-state index contributed by atoms with van der Waals surface area (Å²) in [5, 5.41) is 10.7. The number of ether oxygens (including phenoxy) is 1. The molecule has 1 N–H and O–H groups in total. The fourth-order valence-corrected chi connectivity index (χ4v) is 3.28. The van der Waals surface area contributed by atoms with Crippen LogP contribution in [0.15, 0.2) is 30.3 Å². The Hall–Kier alpha value is -0.900. The third-order valence-corrected chi connectivity index (χ3v) is 4.35. The van der Waals surface area contributed by atoms with E-state index in [0.717, 1.165) is 38.2 Å². The molecule has 2 atom stereocenters. The zero-order valence-corrected chi connectivity index (χ0v) is 13.6. The highest BCUT2D eigenvalue weighted by Gasteiger charge is 2.33. The van der Waals surface area contributed by atoms with Crippen molar-refractivity contribution in [3.05, 3.63) is 35.9 Å². The molecule has 3 heteroatoms. The Morgan fingerprint density at radius 1 is 1.33 bits per heavy atom. The second kappa shape index (κ2) is 7.39. The maximum atomic E-state index is 10.7. The fourth-order valence-electron chi connectivity index (χ4n) is 3.28. The molecule has 1 aliphatic rings. The van der Waals surface area contributed by atoms with Crippen molar-refractivity contribution in [2.45, 2.75) is 45.8 Å². The first-order chi connectivity index (χ1) is 10.0. The van der Waals surface area contributed by atoms with Crippen molar-refractivity contribution in [1.29, 1.82) is 0 Å². The smallest absolute Gasteiger partial charge is 0.0853 e. The lowest BCUT2D eigenvalue weighted by Crippen LogP contribution is -2.45. The Labute approximate surface area is 128 Å². The lowest BCUT2D eigenvalue weighted by molar-refractivity contribution is -0.0273. The molecule has 0 aliphatic carbocycles. The third-order valence-electron chi connectivity index (χ3n) is 4.35. The van der Waals surface area contributed by atoms with Gasteiger partial charge in [0.15, 0.2) is 0 Å². The Kier molecular flexibility index (Phi) is 5.80. The average Bonchev–Trinajstić information content (AvgIpc) is 2.47. The van der Waals surface area contributed by atoms with Crippen LogP contribution in [0.4, 0.5) is 0 Å². The lowest BCUT2D eigenvalue weighted by Gasteiger charge is -2.40. The molecule has 1 fully saturated rings. The molecule has 1 aromatic carbocycles. The largest absolute Gasteiger partial charge is 0.388 e. The quantitative estimate of drug-likeness (QED) is 0.873. The minimum Gasteiger partial charge on any atom is -0.388 e. The number of hydrogen-bond acceptors (Lipinski definition) is 3. The van der Waals surface area contributed by atoms with Crippen molar-refractivity contribution in [3.8, 4) is 0 Å². The summed E-state index contributed by atoms with van der Waals surface area (Å²) >= 11 is 0. The average molecular weight is 291 g/mol. The van der Waals surface area contributed by atoms with Crippen LogP contribution in [0.2, 0.25) is 0 Å². The van der Waals surface area contributed by atoms with Crippen molar-refractivity contribution in [2.24, 2.45) is 5.41 Å². The monoisotopic (exact) mass is 291 g/mol. The summed E-state index contributed by atoms with van der Waals surface area (Å²) in [5.74, 6) is 0. The summed E-state index contributed by atoms with van der Waals surface area (Å²) in [6.07, 6.45) is 2.26. The third kappa shape index (κ3) is 4.53. The summed E-state index contributed by atoms with van der Waals surface area (Å²) in [7, 11) is 0. The summed E-state index contributed by atoms with van der Waals surface area (Å²) in [6, 6.07) is 9.97. The maximum absolute atomic E-state index is 10.7. The van der Waals surface area contributed by atoms with E-state index in [4.69, 9.17) is 4.74 Å². The fraction of sp³-hybridized carbons (Fsp3) is 0.667. The maximum Gasteiger partial charge on any atom is 0.0853 e. The number of aliphatic hydroxyl groups is 1. The van der Waals surface area contributed by atoms with Crippen LogP contribution in [-0.4, -0.2) is 42.4 Å². The summed E-state index contributed by atoms with van der Waals surface area (Å²) in [5.41, 5.74) is 0.830. The molecular weight excluding hydrogens is 262 g/mol. The minimum absolute atomic E-state index is 0.171. The normalized spacial score (nSPS) is 22.2. The number of hydrogen-bond donors (Lipinski definition) is 1. The number of likely N-dealkylation sites (tertiary alicyclic amines) is 1. The Bertz CT molecular complexity index is 416. The molecule has 0 bridgehead atoms. The second-order valence-electron chi connectivity index (χ2n) is 6.76. The van der Waals surface area contributed by atoms with Gasteiger partial charge < -0.3 is 14.7 Å². The standard InChI is InChI=1S/C18H29NO2/c1-4-21-16-11-8-12-19(13-16)14-18(2,3)17(20)15-9-6-5-7-10-15/h5-7,9-10,16-17,20H,4,8,11-14H2,1-3H3. The van der Waals surface area contributed by atoms with Crippen LogP contribution in [0.3, 0.4) is 0 Å². The van der Waals surface area contributed by atoms with E-state index < -0.39 is 6.10 Å². The van der Waals surface area contributed by atoms with Gasteiger partial charge in [0.2, 0.25) is 0 Å². The molecule has 0 saturated carbocycles. The van der Waals surface area contributed by atoms with E-state index >= 15 is 0 Å². The van der Waals surface area contributed by atoms with Gasteiger partial charge in [-0.1, -0.05) is 44.2 Å². The van der Waals surface area contributed by atoms with Gasteiger partial charge >= 0.3 is 0 Å². The molecular formula is C18H29NO2. The van der Waals surface area contributed by atoms with E-state index in [0.29, 0.717) is 6.10 Å². The molecule has 0 radical (unpaired) electrons. The molecule has 118 valence electrons. The SMILES string of the molecule is CCOC1CCCN(CC(C)(C)C(O)c2ccccc2)C1. The lowest BCUT2D eigenvalue weighted by atomic mass is 9.81. The molecule has 2 unspecified atom stereocenters. The Morgan fingerprint density at radius 2 is 2.05 bits per heavy atom. The zero-order chi connectivity index (χ0) is 15.3. The molecule has 2 rings (SSSR count). The molecule has 21 heavy (non-hydrogen) atoms. The molecule has 1 aromatic rings. The first-order valence-corrected chi connectivity index (χ1v) is 8.10. The topological polar surface area (TPSA) is 32.7 Å². The van der Waals surface area contributed by atoms with Gasteiger partial charge in [0.25, 0.3) is 0 Å². The van der Waals surface area contributed by atoms with Crippen LogP contribution in [0.1, 0.15) is 45.3 Å². The van der Waals surface area contributed by atoms with Gasteiger partial charge in [-0.2, -0.15) is 0 Å². The first-order valence-electron chi connectivity index (χ1n) is 8.10. The van der Waals surface area contributed by atoms with Gasteiger partial charge in [-0.3, -0.25) is 0 Å². The van der Waals surface area contributed by atoms with Crippen molar-refractivity contribution in [1.82, 2.24) is 4.90 Å². The van der Waals surface area contributed by atoms with Crippen molar-refractivity contribution in [3.63, 3.8) is 0 Å². The van der Waals surface area contributed by atoms with E-state index in [9.17, 15) is 5.11 Å². The summed E-state index contributed by atoms with van der Waals surface area (Å²) in [6.45, 7) is 10.1. The van der Waals surface area contributed by atoms with E-state index in [1.54, 1.807) is 0 Å². The Balaban J connectivity index is 1.96. The molecule has 3 nitrogen and oxygen atoms in total. The predicted molar refractivity (Wildman–Crippen MR) is 86.3 cm³/mol. The second-order valence-corrected chi connectivity index (χ2v) is 6.76. The predicted octanol–water partition coefficient (Wildman–Crippen LogP) is 3.25. The van der Waals surface area contributed by atoms with Crippen LogP contribution in [0.5, 0.6) is 0 Å². The van der Waals surface area contributed by atoms with Gasteiger partial charge in [-0.05, 0) is 31.9 Å². The van der Waals surface area contributed by atoms with Crippen molar-refractivity contribution < 1.29 is 9.84 Å². The zero-order valence-electron chi connectivity index (χ0n) is 13.6. The molecule has 0 amide bonds. The molecule has 0 aromatic heterocycles. The van der Waals surface area contributed by atoms with E-state index in [-0.39, 0.29) is 5.41 Å². The molecule has 1 heterocycles. The number of aliphatic hydroxyl groups excluding tert-OH is 1. The van der Waals surface area contributed by atoms with Crippen LogP contribution in [0.25, 0.3) is 0 Å². The number of benzene rings is 1. The number of nitrogens with zero attached hydrogens (tertiary/aromatic N) is 1.